The molecular weight excluding hydrogens is 292 g/mol. The standard InChI is InChI=1S/C14H24N2O2S2/c1-11(2)15-10-13-7-8-14(19-13)20(17,18)16-9-3-4-12-5-6-12/h7-8,11-12,15-16H,3-6,9-10H2,1-2H3. The molecule has 0 unspecified atom stereocenters. The molecule has 1 saturated carbocycles. The topological polar surface area (TPSA) is 58.2 Å². The zero-order chi connectivity index (χ0) is 14.6. The lowest BCUT2D eigenvalue weighted by Gasteiger charge is -2.06. The van der Waals surface area contributed by atoms with Gasteiger partial charge in [-0.2, -0.15) is 0 Å². The van der Waals surface area contributed by atoms with E-state index in [1.165, 1.54) is 24.2 Å². The van der Waals surface area contributed by atoms with Crippen LogP contribution in [-0.4, -0.2) is 21.0 Å². The Morgan fingerprint density at radius 3 is 2.75 bits per heavy atom. The first-order chi connectivity index (χ1) is 9.47. The van der Waals surface area contributed by atoms with Crippen LogP contribution < -0.4 is 10.0 Å². The van der Waals surface area contributed by atoms with Crippen molar-refractivity contribution in [1.82, 2.24) is 10.0 Å². The fourth-order valence-corrected chi connectivity index (χ4v) is 4.40. The molecule has 0 radical (unpaired) electrons. The molecular formula is C14H24N2O2S2. The molecule has 1 heterocycles. The third-order valence-corrected chi connectivity index (χ3v) is 6.40. The van der Waals surface area contributed by atoms with Crippen molar-refractivity contribution in [2.45, 2.75) is 56.3 Å². The van der Waals surface area contributed by atoms with Gasteiger partial charge in [0.15, 0.2) is 0 Å². The van der Waals surface area contributed by atoms with Crippen LogP contribution in [0.4, 0.5) is 0 Å². The first kappa shape index (κ1) is 15.9. The Kier molecular flexibility index (Phi) is 5.60. The van der Waals surface area contributed by atoms with Gasteiger partial charge in [-0.25, -0.2) is 13.1 Å². The second kappa shape index (κ2) is 7.02. The largest absolute Gasteiger partial charge is 0.310 e. The molecule has 0 atom stereocenters. The van der Waals surface area contributed by atoms with E-state index in [1.54, 1.807) is 6.07 Å². The molecule has 1 aromatic rings. The molecule has 2 rings (SSSR count). The first-order valence-electron chi connectivity index (χ1n) is 7.29. The second-order valence-electron chi connectivity index (χ2n) is 5.74. The molecule has 0 aliphatic heterocycles. The van der Waals surface area contributed by atoms with E-state index in [0.717, 1.165) is 30.2 Å². The molecule has 0 aromatic carbocycles. The quantitative estimate of drug-likeness (QED) is 0.689. The summed E-state index contributed by atoms with van der Waals surface area (Å²) in [5, 5.41) is 3.29. The van der Waals surface area contributed by atoms with Gasteiger partial charge < -0.3 is 5.32 Å². The minimum atomic E-state index is -3.31. The van der Waals surface area contributed by atoms with Gasteiger partial charge in [0, 0.05) is 24.0 Å². The van der Waals surface area contributed by atoms with Gasteiger partial charge in [0.1, 0.15) is 4.21 Å². The van der Waals surface area contributed by atoms with E-state index >= 15 is 0 Å². The maximum absolute atomic E-state index is 12.1. The number of nitrogens with one attached hydrogen (secondary N) is 2. The maximum Gasteiger partial charge on any atom is 0.250 e. The second-order valence-corrected chi connectivity index (χ2v) is 8.90. The lowest BCUT2D eigenvalue weighted by atomic mass is 10.2. The van der Waals surface area contributed by atoms with Crippen molar-refractivity contribution in [3.8, 4) is 0 Å². The van der Waals surface area contributed by atoms with Crippen LogP contribution in [0.15, 0.2) is 16.3 Å². The summed E-state index contributed by atoms with van der Waals surface area (Å²) in [6.45, 7) is 5.43. The predicted molar refractivity (Wildman–Crippen MR) is 83.4 cm³/mol. The lowest BCUT2D eigenvalue weighted by Crippen LogP contribution is -2.24. The zero-order valence-corrected chi connectivity index (χ0v) is 13.8. The Hall–Kier alpha value is -0.430. The Morgan fingerprint density at radius 1 is 1.35 bits per heavy atom. The average Bonchev–Trinajstić information content (AvgIpc) is 3.07. The summed E-state index contributed by atoms with van der Waals surface area (Å²) in [5.41, 5.74) is 0. The number of sulfonamides is 1. The molecule has 4 nitrogen and oxygen atoms in total. The average molecular weight is 316 g/mol. The van der Waals surface area contributed by atoms with E-state index in [1.807, 2.05) is 6.07 Å². The third kappa shape index (κ3) is 5.16. The van der Waals surface area contributed by atoms with Crippen molar-refractivity contribution in [3.05, 3.63) is 17.0 Å². The highest BCUT2D eigenvalue weighted by Crippen LogP contribution is 2.33. The number of rotatable bonds is 9. The van der Waals surface area contributed by atoms with Crippen LogP contribution in [0.25, 0.3) is 0 Å². The van der Waals surface area contributed by atoms with Crippen molar-refractivity contribution in [2.75, 3.05) is 6.54 Å². The molecule has 0 bridgehead atoms. The smallest absolute Gasteiger partial charge is 0.250 e. The van der Waals surface area contributed by atoms with Gasteiger partial charge in [-0.1, -0.05) is 26.7 Å². The maximum atomic E-state index is 12.1. The molecule has 1 aliphatic carbocycles. The highest BCUT2D eigenvalue weighted by Gasteiger charge is 2.21. The van der Waals surface area contributed by atoms with E-state index in [0.29, 0.717) is 16.8 Å². The molecule has 1 aliphatic rings. The van der Waals surface area contributed by atoms with E-state index in [4.69, 9.17) is 0 Å². The van der Waals surface area contributed by atoms with E-state index in [2.05, 4.69) is 23.9 Å². The van der Waals surface area contributed by atoms with Crippen molar-refractivity contribution < 1.29 is 8.42 Å². The monoisotopic (exact) mass is 316 g/mol. The summed E-state index contributed by atoms with van der Waals surface area (Å²) in [6, 6.07) is 3.99. The van der Waals surface area contributed by atoms with Crippen LogP contribution in [0.2, 0.25) is 0 Å². The van der Waals surface area contributed by atoms with Gasteiger partial charge in [0.25, 0.3) is 0 Å². The minimum absolute atomic E-state index is 0.401. The summed E-state index contributed by atoms with van der Waals surface area (Å²) in [5.74, 6) is 0.856. The van der Waals surface area contributed by atoms with E-state index in [-0.39, 0.29) is 0 Å². The molecule has 2 N–H and O–H groups in total. The fourth-order valence-electron chi connectivity index (χ4n) is 1.98. The summed E-state index contributed by atoms with van der Waals surface area (Å²) in [7, 11) is -3.31. The molecule has 114 valence electrons. The predicted octanol–water partition coefficient (Wildman–Crippen LogP) is 2.71. The van der Waals surface area contributed by atoms with Crippen molar-refractivity contribution >= 4 is 21.4 Å². The van der Waals surface area contributed by atoms with Crippen LogP contribution >= 0.6 is 11.3 Å². The summed E-state index contributed by atoms with van der Waals surface area (Å²) >= 11 is 1.35. The Bertz CT molecular complexity index is 519. The van der Waals surface area contributed by atoms with Crippen molar-refractivity contribution in [1.29, 1.82) is 0 Å². The van der Waals surface area contributed by atoms with E-state index in [9.17, 15) is 8.42 Å². The Balaban J connectivity index is 1.81. The number of hydrogen-bond acceptors (Lipinski definition) is 4. The van der Waals surface area contributed by atoms with Gasteiger partial charge >= 0.3 is 0 Å². The highest BCUT2D eigenvalue weighted by atomic mass is 32.2. The van der Waals surface area contributed by atoms with Crippen molar-refractivity contribution in [3.63, 3.8) is 0 Å². The van der Waals surface area contributed by atoms with Crippen molar-refractivity contribution in [2.24, 2.45) is 5.92 Å². The molecule has 20 heavy (non-hydrogen) atoms. The fraction of sp³-hybridized carbons (Fsp3) is 0.714. The third-order valence-electron chi connectivity index (χ3n) is 3.36. The van der Waals surface area contributed by atoms with Crippen LogP contribution in [0.3, 0.4) is 0 Å². The van der Waals surface area contributed by atoms with Gasteiger partial charge in [-0.05, 0) is 30.9 Å². The molecule has 0 saturated heterocycles. The summed E-state index contributed by atoms with van der Waals surface area (Å²) in [4.78, 5) is 1.05. The zero-order valence-electron chi connectivity index (χ0n) is 12.2. The SMILES string of the molecule is CC(C)NCc1ccc(S(=O)(=O)NCCCC2CC2)s1. The van der Waals surface area contributed by atoms with Gasteiger partial charge in [0.05, 0.1) is 0 Å². The molecule has 6 heteroatoms. The number of hydrogen-bond donors (Lipinski definition) is 2. The summed E-state index contributed by atoms with van der Waals surface area (Å²) < 4.78 is 27.4. The first-order valence-corrected chi connectivity index (χ1v) is 9.59. The van der Waals surface area contributed by atoms with Gasteiger partial charge in [-0.15, -0.1) is 11.3 Å². The number of thiophene rings is 1. The highest BCUT2D eigenvalue weighted by molar-refractivity contribution is 7.91. The van der Waals surface area contributed by atoms with Gasteiger partial charge in [-0.3, -0.25) is 0 Å². The van der Waals surface area contributed by atoms with Crippen LogP contribution in [0, 0.1) is 5.92 Å². The lowest BCUT2D eigenvalue weighted by molar-refractivity contribution is 0.574. The van der Waals surface area contributed by atoms with Gasteiger partial charge in [0.2, 0.25) is 10.0 Å². The van der Waals surface area contributed by atoms with Crippen LogP contribution in [0.5, 0.6) is 0 Å². The van der Waals surface area contributed by atoms with E-state index < -0.39 is 10.0 Å². The molecule has 0 spiro atoms. The minimum Gasteiger partial charge on any atom is -0.310 e. The molecule has 1 fully saturated rings. The molecule has 0 amide bonds. The summed E-state index contributed by atoms with van der Waals surface area (Å²) in [6.07, 6.45) is 4.74. The Morgan fingerprint density at radius 2 is 2.10 bits per heavy atom. The Labute approximate surface area is 126 Å². The molecule has 1 aromatic heterocycles. The van der Waals surface area contributed by atoms with Crippen LogP contribution in [-0.2, 0) is 16.6 Å². The van der Waals surface area contributed by atoms with Crippen LogP contribution in [0.1, 0.15) is 44.4 Å². The normalized spacial score (nSPS) is 15.9.